The molecule has 0 atom stereocenters. The lowest BCUT2D eigenvalue weighted by Crippen LogP contribution is -2.26. The maximum absolute atomic E-state index is 14.0. The Hall–Kier alpha value is -2.55. The van der Waals surface area contributed by atoms with E-state index in [1.54, 1.807) is 0 Å². The molecule has 6 nitrogen and oxygen atoms in total. The Morgan fingerprint density at radius 1 is 1.21 bits per heavy atom. The third kappa shape index (κ3) is 6.49. The van der Waals surface area contributed by atoms with Gasteiger partial charge in [0.05, 0.1) is 12.7 Å². The normalized spacial score (nSPS) is 11.4. The van der Waals surface area contributed by atoms with Crippen molar-refractivity contribution in [2.75, 3.05) is 6.54 Å². The quantitative estimate of drug-likeness (QED) is 0.579. The fourth-order valence-electron chi connectivity index (χ4n) is 2.50. The van der Waals surface area contributed by atoms with E-state index in [-0.39, 0.29) is 24.8 Å². The molecule has 2 aromatic carbocycles. The maximum Gasteiger partial charge on any atom is 0.251 e. The Morgan fingerprint density at radius 3 is 2.55 bits per heavy atom. The van der Waals surface area contributed by atoms with Gasteiger partial charge in [-0.25, -0.2) is 17.5 Å². The molecule has 0 aromatic heterocycles. The van der Waals surface area contributed by atoms with Crippen LogP contribution in [-0.4, -0.2) is 27.0 Å². The number of carbonyl (C=O) groups is 1. The molecule has 0 aliphatic carbocycles. The second-order valence-corrected chi connectivity index (χ2v) is 8.33. The van der Waals surface area contributed by atoms with Gasteiger partial charge in [0.25, 0.3) is 5.91 Å². The first-order chi connectivity index (χ1) is 13.7. The summed E-state index contributed by atoms with van der Waals surface area (Å²) in [6, 6.07) is 10.7. The fourth-order valence-corrected chi connectivity index (χ4v) is 3.60. The van der Waals surface area contributed by atoms with Crippen LogP contribution in [0.3, 0.4) is 0 Å². The number of benzene rings is 2. The third-order valence-corrected chi connectivity index (χ3v) is 5.47. The molecule has 0 saturated carbocycles. The van der Waals surface area contributed by atoms with Crippen LogP contribution in [0.5, 0.6) is 0 Å². The van der Waals surface area contributed by atoms with Crippen LogP contribution in [0.1, 0.15) is 35.3 Å². The molecule has 0 aliphatic rings. The summed E-state index contributed by atoms with van der Waals surface area (Å²) >= 11 is 0. The average Bonchev–Trinajstić information content (AvgIpc) is 2.69. The van der Waals surface area contributed by atoms with Gasteiger partial charge in [-0.3, -0.25) is 4.79 Å². The SMILES string of the molecule is C=CCNS(=O)(=O)c1cc(C(=O)NCc2ccccc2COC(C)C)ccc1F. The molecule has 2 aromatic rings. The summed E-state index contributed by atoms with van der Waals surface area (Å²) in [5.74, 6) is -1.45. The minimum atomic E-state index is -4.09. The summed E-state index contributed by atoms with van der Waals surface area (Å²) in [6.45, 7) is 7.89. The van der Waals surface area contributed by atoms with Gasteiger partial charge >= 0.3 is 0 Å². The van der Waals surface area contributed by atoms with Crippen LogP contribution in [-0.2, 0) is 27.9 Å². The van der Waals surface area contributed by atoms with Crippen LogP contribution in [0.4, 0.5) is 4.39 Å². The summed E-state index contributed by atoms with van der Waals surface area (Å²) in [7, 11) is -4.09. The van der Waals surface area contributed by atoms with Gasteiger partial charge in [0.1, 0.15) is 10.7 Å². The Labute approximate surface area is 170 Å². The number of ether oxygens (including phenoxy) is 1. The van der Waals surface area contributed by atoms with E-state index in [0.717, 1.165) is 23.3 Å². The number of halogens is 1. The van der Waals surface area contributed by atoms with Crippen molar-refractivity contribution in [2.45, 2.75) is 38.0 Å². The van der Waals surface area contributed by atoms with Crippen LogP contribution in [0.25, 0.3) is 0 Å². The molecule has 0 aliphatic heterocycles. The summed E-state index contributed by atoms with van der Waals surface area (Å²) < 4.78 is 46.2. The second kappa shape index (κ2) is 10.3. The van der Waals surface area contributed by atoms with Crippen LogP contribution in [0.15, 0.2) is 60.0 Å². The van der Waals surface area contributed by atoms with Gasteiger partial charge in [-0.1, -0.05) is 30.3 Å². The first-order valence-electron chi connectivity index (χ1n) is 9.11. The summed E-state index contributed by atoms with van der Waals surface area (Å²) in [6.07, 6.45) is 1.42. The Morgan fingerprint density at radius 2 is 1.90 bits per heavy atom. The van der Waals surface area contributed by atoms with E-state index in [1.165, 1.54) is 12.1 Å². The standard InChI is InChI=1S/C21H25FN2O4S/c1-4-11-24-29(26,27)20-12-16(9-10-19(20)22)21(25)23-13-17-7-5-6-8-18(17)14-28-15(2)3/h4-10,12,15,24H,1,11,13-14H2,2-3H3,(H,23,25). The third-order valence-electron chi connectivity index (χ3n) is 4.03. The summed E-state index contributed by atoms with van der Waals surface area (Å²) in [5, 5.41) is 2.74. The molecule has 0 fully saturated rings. The molecular formula is C21H25FN2O4S. The molecule has 0 heterocycles. The molecular weight excluding hydrogens is 395 g/mol. The van der Waals surface area contributed by atoms with Crippen molar-refractivity contribution in [3.8, 4) is 0 Å². The Balaban J connectivity index is 2.15. The first kappa shape index (κ1) is 22.7. The van der Waals surface area contributed by atoms with Crippen LogP contribution in [0, 0.1) is 5.82 Å². The number of rotatable bonds is 10. The van der Waals surface area contributed by atoms with Crippen molar-refractivity contribution in [3.05, 3.63) is 77.6 Å². The van der Waals surface area contributed by atoms with Crippen LogP contribution in [0.2, 0.25) is 0 Å². The summed E-state index contributed by atoms with van der Waals surface area (Å²) in [5.41, 5.74) is 1.86. The van der Waals surface area contributed by atoms with E-state index in [4.69, 9.17) is 4.74 Å². The molecule has 29 heavy (non-hydrogen) atoms. The van der Waals surface area contributed by atoms with Crippen LogP contribution < -0.4 is 10.0 Å². The second-order valence-electron chi connectivity index (χ2n) is 6.60. The lowest BCUT2D eigenvalue weighted by atomic mass is 10.1. The van der Waals surface area contributed by atoms with Gasteiger partial charge in [-0.2, -0.15) is 0 Å². The van der Waals surface area contributed by atoms with Gasteiger partial charge in [-0.05, 0) is 43.2 Å². The van der Waals surface area contributed by atoms with E-state index in [9.17, 15) is 17.6 Å². The average molecular weight is 421 g/mol. The van der Waals surface area contributed by atoms with E-state index >= 15 is 0 Å². The monoisotopic (exact) mass is 420 g/mol. The molecule has 0 spiro atoms. The number of sulfonamides is 1. The van der Waals surface area contributed by atoms with E-state index in [2.05, 4.69) is 16.6 Å². The van der Waals surface area contributed by atoms with Gasteiger partial charge in [0.2, 0.25) is 10.0 Å². The van der Waals surface area contributed by atoms with Gasteiger partial charge in [-0.15, -0.1) is 6.58 Å². The van der Waals surface area contributed by atoms with Gasteiger partial charge in [0.15, 0.2) is 0 Å². The lowest BCUT2D eigenvalue weighted by molar-refractivity contribution is 0.0651. The zero-order valence-corrected chi connectivity index (χ0v) is 17.3. The van der Waals surface area contributed by atoms with Crippen molar-refractivity contribution < 1.29 is 22.3 Å². The molecule has 0 saturated heterocycles. The maximum atomic E-state index is 14.0. The van der Waals surface area contributed by atoms with E-state index in [1.807, 2.05) is 38.1 Å². The number of amides is 1. The van der Waals surface area contributed by atoms with Crippen molar-refractivity contribution in [1.82, 2.24) is 10.0 Å². The van der Waals surface area contributed by atoms with Crippen molar-refractivity contribution in [2.24, 2.45) is 0 Å². The highest BCUT2D eigenvalue weighted by atomic mass is 32.2. The van der Waals surface area contributed by atoms with E-state index in [0.29, 0.717) is 6.61 Å². The minimum absolute atomic E-state index is 0.0429. The van der Waals surface area contributed by atoms with Crippen molar-refractivity contribution in [1.29, 1.82) is 0 Å². The molecule has 1 amide bonds. The van der Waals surface area contributed by atoms with E-state index < -0.39 is 26.6 Å². The zero-order chi connectivity index (χ0) is 21.4. The zero-order valence-electron chi connectivity index (χ0n) is 16.4. The molecule has 0 radical (unpaired) electrons. The smallest absolute Gasteiger partial charge is 0.251 e. The number of hydrogen-bond donors (Lipinski definition) is 2. The van der Waals surface area contributed by atoms with Crippen LogP contribution >= 0.6 is 0 Å². The molecule has 8 heteroatoms. The van der Waals surface area contributed by atoms with Gasteiger partial charge in [0, 0.05) is 18.7 Å². The van der Waals surface area contributed by atoms with Crippen molar-refractivity contribution in [3.63, 3.8) is 0 Å². The molecule has 2 N–H and O–H groups in total. The molecule has 0 bridgehead atoms. The van der Waals surface area contributed by atoms with Gasteiger partial charge < -0.3 is 10.1 Å². The number of carbonyl (C=O) groups excluding carboxylic acids is 1. The molecule has 156 valence electrons. The highest BCUT2D eigenvalue weighted by Gasteiger charge is 2.20. The Bertz CT molecular complexity index is 974. The highest BCUT2D eigenvalue weighted by molar-refractivity contribution is 7.89. The fraction of sp³-hybridized carbons (Fsp3) is 0.286. The molecule has 0 unspecified atom stereocenters. The Kier molecular flexibility index (Phi) is 8.07. The number of nitrogens with one attached hydrogen (secondary N) is 2. The molecule has 2 rings (SSSR count). The van der Waals surface area contributed by atoms with Crippen molar-refractivity contribution >= 4 is 15.9 Å². The highest BCUT2D eigenvalue weighted by Crippen LogP contribution is 2.17. The predicted molar refractivity (Wildman–Crippen MR) is 109 cm³/mol. The predicted octanol–water partition coefficient (Wildman–Crippen LogP) is 3.15. The lowest BCUT2D eigenvalue weighted by Gasteiger charge is -2.13. The minimum Gasteiger partial charge on any atom is -0.374 e. The first-order valence-corrected chi connectivity index (χ1v) is 10.6. The largest absolute Gasteiger partial charge is 0.374 e. The topological polar surface area (TPSA) is 84.5 Å². The number of hydrogen-bond acceptors (Lipinski definition) is 4. The summed E-state index contributed by atoms with van der Waals surface area (Å²) in [4.78, 5) is 11.9.